The molecule has 0 fully saturated rings. The van der Waals surface area contributed by atoms with E-state index in [0.29, 0.717) is 18.3 Å². The Hall–Kier alpha value is -1.94. The minimum atomic E-state index is -0.00844. The molecule has 1 aromatic carbocycles. The van der Waals surface area contributed by atoms with Crippen LogP contribution in [0, 0.1) is 6.92 Å². The van der Waals surface area contributed by atoms with Gasteiger partial charge in [0, 0.05) is 24.3 Å². The summed E-state index contributed by atoms with van der Waals surface area (Å²) in [6, 6.07) is 10.2. The molecule has 1 N–H and O–H groups in total. The van der Waals surface area contributed by atoms with E-state index in [9.17, 15) is 4.79 Å². The van der Waals surface area contributed by atoms with E-state index < -0.39 is 0 Å². The van der Waals surface area contributed by atoms with Gasteiger partial charge in [-0.25, -0.2) is 4.68 Å². The van der Waals surface area contributed by atoms with Crippen LogP contribution in [-0.2, 0) is 13.0 Å². The van der Waals surface area contributed by atoms with E-state index in [1.54, 1.807) is 6.07 Å². The first-order valence-electron chi connectivity index (χ1n) is 7.44. The highest BCUT2D eigenvalue weighted by Gasteiger charge is 2.10. The lowest BCUT2D eigenvalue weighted by Crippen LogP contribution is -2.28. The maximum atomic E-state index is 12.1. The molecule has 0 spiro atoms. The summed E-state index contributed by atoms with van der Waals surface area (Å²) in [4.78, 5) is 12.1. The SMILES string of the molecule is CCc1ccccc1-n1nc(CNC(C)C)c(=O)cc1C. The molecule has 0 atom stereocenters. The molecule has 0 aliphatic rings. The van der Waals surface area contributed by atoms with Gasteiger partial charge in [-0.3, -0.25) is 4.79 Å². The zero-order chi connectivity index (χ0) is 15.4. The Labute approximate surface area is 125 Å². The molecule has 1 heterocycles. The highest BCUT2D eigenvalue weighted by molar-refractivity contribution is 5.41. The van der Waals surface area contributed by atoms with E-state index in [1.165, 1.54) is 5.56 Å². The zero-order valence-corrected chi connectivity index (χ0v) is 13.2. The van der Waals surface area contributed by atoms with Crippen LogP contribution in [0.5, 0.6) is 0 Å². The van der Waals surface area contributed by atoms with Crippen molar-refractivity contribution in [2.24, 2.45) is 0 Å². The lowest BCUT2D eigenvalue weighted by atomic mass is 10.1. The molecule has 2 aromatic rings. The molecule has 0 amide bonds. The van der Waals surface area contributed by atoms with Crippen molar-refractivity contribution < 1.29 is 0 Å². The standard InChI is InChI=1S/C17H23N3O/c1-5-14-8-6-7-9-16(14)20-13(4)10-17(21)15(19-20)11-18-12(2)3/h6-10,12,18H,5,11H2,1-4H3. The summed E-state index contributed by atoms with van der Waals surface area (Å²) >= 11 is 0. The summed E-state index contributed by atoms with van der Waals surface area (Å²) in [7, 11) is 0. The van der Waals surface area contributed by atoms with Crippen molar-refractivity contribution in [3.05, 3.63) is 57.5 Å². The van der Waals surface area contributed by atoms with Gasteiger partial charge in [0.1, 0.15) is 5.69 Å². The number of benzene rings is 1. The summed E-state index contributed by atoms with van der Waals surface area (Å²) in [6.45, 7) is 8.64. The molecule has 0 unspecified atom stereocenters. The van der Waals surface area contributed by atoms with Crippen LogP contribution in [0.15, 0.2) is 35.1 Å². The highest BCUT2D eigenvalue weighted by atomic mass is 16.1. The maximum Gasteiger partial charge on any atom is 0.204 e. The molecule has 4 nitrogen and oxygen atoms in total. The average molecular weight is 285 g/mol. The fraction of sp³-hybridized carbons (Fsp3) is 0.412. The molecule has 0 aliphatic carbocycles. The van der Waals surface area contributed by atoms with Crippen molar-refractivity contribution >= 4 is 0 Å². The average Bonchev–Trinajstić information content (AvgIpc) is 2.46. The van der Waals surface area contributed by atoms with Crippen molar-refractivity contribution in [3.63, 3.8) is 0 Å². The molecule has 21 heavy (non-hydrogen) atoms. The quantitative estimate of drug-likeness (QED) is 0.918. The Morgan fingerprint density at radius 2 is 2.00 bits per heavy atom. The van der Waals surface area contributed by atoms with Gasteiger partial charge in [0.05, 0.1) is 5.69 Å². The molecular formula is C17H23N3O. The summed E-state index contributed by atoms with van der Waals surface area (Å²) in [5.41, 5.74) is 3.67. The van der Waals surface area contributed by atoms with E-state index in [0.717, 1.165) is 17.8 Å². The first-order valence-corrected chi connectivity index (χ1v) is 7.44. The van der Waals surface area contributed by atoms with Crippen molar-refractivity contribution in [2.75, 3.05) is 0 Å². The lowest BCUT2D eigenvalue weighted by molar-refractivity contribution is 0.568. The van der Waals surface area contributed by atoms with Crippen LogP contribution in [-0.4, -0.2) is 15.8 Å². The van der Waals surface area contributed by atoms with E-state index in [1.807, 2.05) is 29.8 Å². The Balaban J connectivity index is 2.48. The summed E-state index contributed by atoms with van der Waals surface area (Å²) in [5.74, 6) is 0. The minimum Gasteiger partial charge on any atom is -0.309 e. The predicted molar refractivity (Wildman–Crippen MR) is 85.9 cm³/mol. The molecular weight excluding hydrogens is 262 g/mol. The Bertz CT molecular complexity index is 674. The smallest absolute Gasteiger partial charge is 0.204 e. The molecule has 4 heteroatoms. The number of para-hydroxylation sites is 1. The van der Waals surface area contributed by atoms with Crippen molar-refractivity contribution in [1.82, 2.24) is 15.1 Å². The van der Waals surface area contributed by atoms with Gasteiger partial charge < -0.3 is 5.32 Å². The number of hydrogen-bond acceptors (Lipinski definition) is 3. The monoisotopic (exact) mass is 285 g/mol. The van der Waals surface area contributed by atoms with Crippen LogP contribution in [0.2, 0.25) is 0 Å². The van der Waals surface area contributed by atoms with E-state index in [4.69, 9.17) is 0 Å². The number of aromatic nitrogens is 2. The molecule has 0 radical (unpaired) electrons. The molecule has 0 saturated heterocycles. The molecule has 0 bridgehead atoms. The Morgan fingerprint density at radius 1 is 1.29 bits per heavy atom. The number of hydrogen-bond donors (Lipinski definition) is 1. The van der Waals surface area contributed by atoms with E-state index >= 15 is 0 Å². The summed E-state index contributed by atoms with van der Waals surface area (Å²) in [6.07, 6.45) is 0.934. The van der Waals surface area contributed by atoms with Gasteiger partial charge in [0.2, 0.25) is 5.43 Å². The van der Waals surface area contributed by atoms with Crippen LogP contribution >= 0.6 is 0 Å². The molecule has 0 aliphatic heterocycles. The molecule has 112 valence electrons. The third-order valence-corrected chi connectivity index (χ3v) is 3.46. The van der Waals surface area contributed by atoms with Gasteiger partial charge in [0.15, 0.2) is 0 Å². The van der Waals surface area contributed by atoms with Crippen molar-refractivity contribution in [2.45, 2.75) is 46.7 Å². The largest absolute Gasteiger partial charge is 0.309 e. The zero-order valence-electron chi connectivity index (χ0n) is 13.2. The van der Waals surface area contributed by atoms with Crippen molar-refractivity contribution in [1.29, 1.82) is 0 Å². The van der Waals surface area contributed by atoms with Crippen LogP contribution < -0.4 is 10.7 Å². The number of nitrogens with zero attached hydrogens (tertiary/aromatic N) is 2. The summed E-state index contributed by atoms with van der Waals surface area (Å²) in [5, 5.41) is 7.82. The van der Waals surface area contributed by atoms with Crippen LogP contribution in [0.1, 0.15) is 37.7 Å². The molecule has 2 rings (SSSR count). The number of aryl methyl sites for hydroxylation is 2. The van der Waals surface area contributed by atoms with Gasteiger partial charge in [0.25, 0.3) is 0 Å². The molecule has 1 aromatic heterocycles. The van der Waals surface area contributed by atoms with E-state index in [2.05, 4.69) is 37.3 Å². The van der Waals surface area contributed by atoms with Crippen LogP contribution in [0.4, 0.5) is 0 Å². The van der Waals surface area contributed by atoms with Crippen LogP contribution in [0.25, 0.3) is 5.69 Å². The van der Waals surface area contributed by atoms with Crippen molar-refractivity contribution in [3.8, 4) is 5.69 Å². The Kier molecular flexibility index (Phi) is 4.91. The van der Waals surface area contributed by atoms with Gasteiger partial charge in [-0.15, -0.1) is 0 Å². The fourth-order valence-electron chi connectivity index (χ4n) is 2.27. The van der Waals surface area contributed by atoms with Gasteiger partial charge in [-0.05, 0) is 25.0 Å². The summed E-state index contributed by atoms with van der Waals surface area (Å²) < 4.78 is 1.87. The fourth-order valence-corrected chi connectivity index (χ4v) is 2.27. The molecule has 0 saturated carbocycles. The normalized spacial score (nSPS) is 11.1. The van der Waals surface area contributed by atoms with E-state index in [-0.39, 0.29) is 5.43 Å². The third-order valence-electron chi connectivity index (χ3n) is 3.46. The maximum absolute atomic E-state index is 12.1. The predicted octanol–water partition coefficient (Wildman–Crippen LogP) is 2.60. The number of nitrogens with one attached hydrogen (secondary N) is 1. The lowest BCUT2D eigenvalue weighted by Gasteiger charge is -2.15. The van der Waals surface area contributed by atoms with Gasteiger partial charge >= 0.3 is 0 Å². The van der Waals surface area contributed by atoms with Gasteiger partial charge in [-0.1, -0.05) is 39.0 Å². The highest BCUT2D eigenvalue weighted by Crippen LogP contribution is 2.15. The minimum absolute atomic E-state index is 0.00844. The van der Waals surface area contributed by atoms with Gasteiger partial charge in [-0.2, -0.15) is 5.10 Å². The third kappa shape index (κ3) is 3.58. The second-order valence-electron chi connectivity index (χ2n) is 5.53. The second kappa shape index (κ2) is 6.68. The Morgan fingerprint density at radius 3 is 2.67 bits per heavy atom. The topological polar surface area (TPSA) is 46.9 Å². The number of rotatable bonds is 5. The van der Waals surface area contributed by atoms with Crippen LogP contribution in [0.3, 0.4) is 0 Å². The second-order valence-corrected chi connectivity index (χ2v) is 5.53. The first kappa shape index (κ1) is 15.4. The first-order chi connectivity index (χ1) is 10.0.